The number of hydrogen-bond donors (Lipinski definition) is 2. The SMILES string of the molecule is CCC(C)(c1cccc(O)c1)c1cccc(O)c1. The largest absolute Gasteiger partial charge is 0.508 e. The molecule has 18 heavy (non-hydrogen) atoms. The van der Waals surface area contributed by atoms with E-state index in [9.17, 15) is 10.2 Å². The third-order valence-electron chi connectivity index (χ3n) is 3.67. The smallest absolute Gasteiger partial charge is 0.115 e. The van der Waals surface area contributed by atoms with Crippen molar-refractivity contribution in [1.82, 2.24) is 0 Å². The molecule has 0 aromatic heterocycles. The molecule has 0 unspecified atom stereocenters. The Bertz CT molecular complexity index is 501. The second-order valence-electron chi connectivity index (χ2n) is 4.79. The Hall–Kier alpha value is -1.96. The third kappa shape index (κ3) is 2.19. The van der Waals surface area contributed by atoms with Crippen molar-refractivity contribution in [3.63, 3.8) is 0 Å². The van der Waals surface area contributed by atoms with E-state index in [-0.39, 0.29) is 16.9 Å². The van der Waals surface area contributed by atoms with Crippen LogP contribution in [0.5, 0.6) is 11.5 Å². The first-order valence-electron chi connectivity index (χ1n) is 6.15. The second kappa shape index (κ2) is 4.73. The molecule has 0 spiro atoms. The van der Waals surface area contributed by atoms with Crippen molar-refractivity contribution >= 4 is 0 Å². The average molecular weight is 242 g/mol. The zero-order valence-electron chi connectivity index (χ0n) is 10.7. The molecule has 2 N–H and O–H groups in total. The monoisotopic (exact) mass is 242 g/mol. The predicted octanol–water partition coefficient (Wildman–Crippen LogP) is 3.81. The highest BCUT2D eigenvalue weighted by molar-refractivity contribution is 5.43. The highest BCUT2D eigenvalue weighted by Crippen LogP contribution is 2.37. The molecule has 0 heterocycles. The molecule has 2 aromatic rings. The van der Waals surface area contributed by atoms with Crippen LogP contribution in [0.4, 0.5) is 0 Å². The van der Waals surface area contributed by atoms with Crippen LogP contribution in [-0.4, -0.2) is 10.2 Å². The summed E-state index contributed by atoms with van der Waals surface area (Å²) in [5, 5.41) is 19.2. The van der Waals surface area contributed by atoms with Gasteiger partial charge in [-0.05, 0) is 41.8 Å². The summed E-state index contributed by atoms with van der Waals surface area (Å²) in [6.07, 6.45) is 0.889. The van der Waals surface area contributed by atoms with Crippen molar-refractivity contribution in [2.24, 2.45) is 0 Å². The topological polar surface area (TPSA) is 40.5 Å². The molecule has 0 saturated heterocycles. The maximum atomic E-state index is 9.62. The Morgan fingerprint density at radius 3 is 1.67 bits per heavy atom. The van der Waals surface area contributed by atoms with Crippen LogP contribution in [0.1, 0.15) is 31.4 Å². The predicted molar refractivity (Wildman–Crippen MR) is 73.0 cm³/mol. The number of aromatic hydroxyl groups is 2. The Morgan fingerprint density at radius 2 is 1.33 bits per heavy atom. The zero-order chi connectivity index (χ0) is 13.2. The minimum Gasteiger partial charge on any atom is -0.508 e. The van der Waals surface area contributed by atoms with Gasteiger partial charge in [0.2, 0.25) is 0 Å². The molecular weight excluding hydrogens is 224 g/mol. The van der Waals surface area contributed by atoms with E-state index in [4.69, 9.17) is 0 Å². The summed E-state index contributed by atoms with van der Waals surface area (Å²) >= 11 is 0. The van der Waals surface area contributed by atoms with Crippen LogP contribution in [-0.2, 0) is 5.41 Å². The van der Waals surface area contributed by atoms with E-state index in [0.717, 1.165) is 17.5 Å². The average Bonchev–Trinajstić information content (AvgIpc) is 2.38. The van der Waals surface area contributed by atoms with Crippen molar-refractivity contribution in [2.75, 3.05) is 0 Å². The van der Waals surface area contributed by atoms with Gasteiger partial charge in [0, 0.05) is 5.41 Å². The molecule has 2 aromatic carbocycles. The Kier molecular flexibility index (Phi) is 3.28. The Labute approximate surface area is 108 Å². The molecule has 2 nitrogen and oxygen atoms in total. The molecule has 94 valence electrons. The van der Waals surface area contributed by atoms with E-state index in [1.807, 2.05) is 24.3 Å². The van der Waals surface area contributed by atoms with E-state index in [2.05, 4.69) is 13.8 Å². The molecule has 0 aliphatic rings. The maximum Gasteiger partial charge on any atom is 0.115 e. The van der Waals surface area contributed by atoms with Gasteiger partial charge in [-0.15, -0.1) is 0 Å². The van der Waals surface area contributed by atoms with Crippen molar-refractivity contribution in [3.8, 4) is 11.5 Å². The lowest BCUT2D eigenvalue weighted by Gasteiger charge is -2.30. The first-order chi connectivity index (χ1) is 8.56. The molecule has 0 fully saturated rings. The molecule has 0 saturated carbocycles. The fourth-order valence-corrected chi connectivity index (χ4v) is 2.27. The molecule has 2 rings (SSSR count). The summed E-state index contributed by atoms with van der Waals surface area (Å²) in [4.78, 5) is 0. The Balaban J connectivity index is 2.54. The standard InChI is InChI=1S/C16H18O2/c1-3-16(2,12-6-4-8-14(17)10-12)13-7-5-9-15(18)11-13/h4-11,17-18H,3H2,1-2H3. The highest BCUT2D eigenvalue weighted by atomic mass is 16.3. The number of benzene rings is 2. The van der Waals surface area contributed by atoms with Gasteiger partial charge >= 0.3 is 0 Å². The van der Waals surface area contributed by atoms with Crippen molar-refractivity contribution in [1.29, 1.82) is 0 Å². The van der Waals surface area contributed by atoms with Crippen LogP contribution in [0, 0.1) is 0 Å². The zero-order valence-corrected chi connectivity index (χ0v) is 10.7. The summed E-state index contributed by atoms with van der Waals surface area (Å²) in [6.45, 7) is 4.23. The molecule has 0 radical (unpaired) electrons. The van der Waals surface area contributed by atoms with Gasteiger partial charge in [-0.25, -0.2) is 0 Å². The van der Waals surface area contributed by atoms with Gasteiger partial charge in [0.1, 0.15) is 11.5 Å². The first-order valence-corrected chi connectivity index (χ1v) is 6.15. The van der Waals surface area contributed by atoms with Crippen LogP contribution in [0.2, 0.25) is 0 Å². The minimum atomic E-state index is -0.211. The highest BCUT2D eigenvalue weighted by Gasteiger charge is 2.27. The van der Waals surface area contributed by atoms with E-state index in [0.29, 0.717) is 0 Å². The van der Waals surface area contributed by atoms with Crippen LogP contribution in [0.25, 0.3) is 0 Å². The van der Waals surface area contributed by atoms with Gasteiger partial charge in [0.15, 0.2) is 0 Å². The quantitative estimate of drug-likeness (QED) is 0.859. The summed E-state index contributed by atoms with van der Waals surface area (Å²) in [7, 11) is 0. The number of rotatable bonds is 3. The van der Waals surface area contributed by atoms with Crippen LogP contribution in [0.15, 0.2) is 48.5 Å². The van der Waals surface area contributed by atoms with Crippen LogP contribution < -0.4 is 0 Å². The van der Waals surface area contributed by atoms with E-state index >= 15 is 0 Å². The van der Waals surface area contributed by atoms with Crippen molar-refractivity contribution < 1.29 is 10.2 Å². The fraction of sp³-hybridized carbons (Fsp3) is 0.250. The van der Waals surface area contributed by atoms with Gasteiger partial charge in [-0.3, -0.25) is 0 Å². The maximum absolute atomic E-state index is 9.62. The summed E-state index contributed by atoms with van der Waals surface area (Å²) in [6, 6.07) is 14.6. The van der Waals surface area contributed by atoms with Crippen LogP contribution in [0.3, 0.4) is 0 Å². The van der Waals surface area contributed by atoms with Gasteiger partial charge in [0.05, 0.1) is 0 Å². The van der Waals surface area contributed by atoms with Crippen molar-refractivity contribution in [3.05, 3.63) is 59.7 Å². The normalized spacial score (nSPS) is 11.4. The minimum absolute atomic E-state index is 0.211. The molecule has 0 aliphatic carbocycles. The first kappa shape index (κ1) is 12.5. The van der Waals surface area contributed by atoms with Gasteiger partial charge in [-0.2, -0.15) is 0 Å². The number of hydrogen-bond acceptors (Lipinski definition) is 2. The summed E-state index contributed by atoms with van der Waals surface area (Å²) in [5.41, 5.74) is 1.89. The lowest BCUT2D eigenvalue weighted by atomic mass is 9.74. The fourth-order valence-electron chi connectivity index (χ4n) is 2.27. The molecule has 0 amide bonds. The molecule has 2 heteroatoms. The van der Waals surface area contributed by atoms with E-state index in [1.54, 1.807) is 24.3 Å². The van der Waals surface area contributed by atoms with E-state index < -0.39 is 0 Å². The van der Waals surface area contributed by atoms with Crippen molar-refractivity contribution in [2.45, 2.75) is 25.7 Å². The third-order valence-corrected chi connectivity index (χ3v) is 3.67. The molecule has 0 atom stereocenters. The number of phenolic OH excluding ortho intramolecular Hbond substituents is 2. The van der Waals surface area contributed by atoms with Crippen LogP contribution >= 0.6 is 0 Å². The lowest BCUT2D eigenvalue weighted by molar-refractivity contribution is 0.465. The Morgan fingerprint density at radius 1 is 0.889 bits per heavy atom. The second-order valence-corrected chi connectivity index (χ2v) is 4.79. The van der Waals surface area contributed by atoms with Gasteiger partial charge < -0.3 is 10.2 Å². The van der Waals surface area contributed by atoms with Gasteiger partial charge in [0.25, 0.3) is 0 Å². The van der Waals surface area contributed by atoms with Gasteiger partial charge in [-0.1, -0.05) is 38.1 Å². The number of phenols is 2. The molecular formula is C16H18O2. The molecule has 0 bridgehead atoms. The lowest BCUT2D eigenvalue weighted by Crippen LogP contribution is -2.22. The molecule has 0 aliphatic heterocycles. The summed E-state index contributed by atoms with van der Waals surface area (Å²) in [5.74, 6) is 0.541. The van der Waals surface area contributed by atoms with E-state index in [1.165, 1.54) is 0 Å². The summed E-state index contributed by atoms with van der Waals surface area (Å²) < 4.78 is 0.